The van der Waals surface area contributed by atoms with Gasteiger partial charge < -0.3 is 0 Å². The molecular formula is C10H20N2S. The molecule has 13 heavy (non-hydrogen) atoms. The molecule has 0 unspecified atom stereocenters. The van der Waals surface area contributed by atoms with Crippen LogP contribution in [-0.2, 0) is 0 Å². The van der Waals surface area contributed by atoms with Gasteiger partial charge in [0, 0.05) is 38.3 Å². The number of piperidine rings is 2. The summed E-state index contributed by atoms with van der Waals surface area (Å²) in [6, 6.07) is 0. The van der Waals surface area contributed by atoms with Gasteiger partial charge >= 0.3 is 0 Å². The highest BCUT2D eigenvalue weighted by molar-refractivity contribution is 7.94. The molecule has 0 aromatic rings. The lowest BCUT2D eigenvalue weighted by atomic mass is 10.2. The lowest BCUT2D eigenvalue weighted by molar-refractivity contribution is 0.332. The molecule has 0 bridgehead atoms. The van der Waals surface area contributed by atoms with Gasteiger partial charge in [-0.25, -0.2) is 8.61 Å². The maximum atomic E-state index is 2.55. The first kappa shape index (κ1) is 9.81. The van der Waals surface area contributed by atoms with E-state index in [1.165, 1.54) is 64.7 Å². The molecule has 0 N–H and O–H groups in total. The summed E-state index contributed by atoms with van der Waals surface area (Å²) in [4.78, 5) is 0. The molecule has 2 rings (SSSR count). The summed E-state index contributed by atoms with van der Waals surface area (Å²) in [5.41, 5.74) is 0. The van der Waals surface area contributed by atoms with Crippen LogP contribution in [0.4, 0.5) is 0 Å². The third kappa shape index (κ3) is 3.15. The van der Waals surface area contributed by atoms with Crippen molar-refractivity contribution in [1.29, 1.82) is 0 Å². The van der Waals surface area contributed by atoms with Crippen LogP contribution >= 0.6 is 12.1 Å². The van der Waals surface area contributed by atoms with E-state index in [4.69, 9.17) is 0 Å². The Kier molecular flexibility index (Phi) is 3.94. The highest BCUT2D eigenvalue weighted by atomic mass is 32.2. The van der Waals surface area contributed by atoms with Gasteiger partial charge in [0.05, 0.1) is 0 Å². The lowest BCUT2D eigenvalue weighted by Crippen LogP contribution is -2.32. The van der Waals surface area contributed by atoms with E-state index in [9.17, 15) is 0 Å². The van der Waals surface area contributed by atoms with Crippen molar-refractivity contribution in [2.75, 3.05) is 26.2 Å². The second-order valence-electron chi connectivity index (χ2n) is 4.06. The van der Waals surface area contributed by atoms with Gasteiger partial charge in [0.1, 0.15) is 0 Å². The van der Waals surface area contributed by atoms with E-state index in [1.807, 2.05) is 12.1 Å². The van der Waals surface area contributed by atoms with Crippen molar-refractivity contribution in [1.82, 2.24) is 8.61 Å². The van der Waals surface area contributed by atoms with E-state index in [-0.39, 0.29) is 0 Å². The van der Waals surface area contributed by atoms with Crippen molar-refractivity contribution in [3.63, 3.8) is 0 Å². The molecule has 0 atom stereocenters. The summed E-state index contributed by atoms with van der Waals surface area (Å²) in [5.74, 6) is 0. The molecule has 2 fully saturated rings. The van der Waals surface area contributed by atoms with Crippen LogP contribution in [-0.4, -0.2) is 34.8 Å². The Bertz CT molecular complexity index is 124. The Labute approximate surface area is 85.9 Å². The number of hydrogen-bond acceptors (Lipinski definition) is 3. The fourth-order valence-corrected chi connectivity index (χ4v) is 3.23. The van der Waals surface area contributed by atoms with E-state index >= 15 is 0 Å². The normalized spacial score (nSPS) is 27.7. The van der Waals surface area contributed by atoms with E-state index in [0.29, 0.717) is 0 Å². The molecule has 3 heteroatoms. The first-order valence-corrected chi connectivity index (χ1v) is 6.36. The molecular weight excluding hydrogens is 180 g/mol. The molecule has 0 aliphatic carbocycles. The van der Waals surface area contributed by atoms with Crippen molar-refractivity contribution in [3.8, 4) is 0 Å². The van der Waals surface area contributed by atoms with Crippen LogP contribution in [0.3, 0.4) is 0 Å². The maximum Gasteiger partial charge on any atom is 0.0101 e. The van der Waals surface area contributed by atoms with Crippen molar-refractivity contribution < 1.29 is 0 Å². The van der Waals surface area contributed by atoms with Gasteiger partial charge in [0.2, 0.25) is 0 Å². The van der Waals surface area contributed by atoms with Crippen LogP contribution in [0.1, 0.15) is 38.5 Å². The summed E-state index contributed by atoms with van der Waals surface area (Å²) in [5, 5.41) is 0. The van der Waals surface area contributed by atoms with Crippen LogP contribution in [0, 0.1) is 0 Å². The topological polar surface area (TPSA) is 6.48 Å². The Morgan fingerprint density at radius 3 is 1.31 bits per heavy atom. The minimum atomic E-state index is 1.31. The predicted molar refractivity (Wildman–Crippen MR) is 58.4 cm³/mol. The Morgan fingerprint density at radius 2 is 0.923 bits per heavy atom. The van der Waals surface area contributed by atoms with Gasteiger partial charge in [0.15, 0.2) is 0 Å². The summed E-state index contributed by atoms with van der Waals surface area (Å²) in [6.45, 7) is 5.23. The summed E-state index contributed by atoms with van der Waals surface area (Å²) >= 11 is 2.01. The zero-order valence-electron chi connectivity index (χ0n) is 8.37. The van der Waals surface area contributed by atoms with Crippen molar-refractivity contribution in [2.24, 2.45) is 0 Å². The second kappa shape index (κ2) is 5.23. The highest BCUT2D eigenvalue weighted by Crippen LogP contribution is 2.24. The van der Waals surface area contributed by atoms with Crippen LogP contribution in [0.15, 0.2) is 0 Å². The van der Waals surface area contributed by atoms with Gasteiger partial charge in [-0.2, -0.15) is 0 Å². The second-order valence-corrected chi connectivity index (χ2v) is 5.26. The Hall–Kier alpha value is 0.270. The van der Waals surface area contributed by atoms with Crippen LogP contribution in [0.2, 0.25) is 0 Å². The van der Waals surface area contributed by atoms with Gasteiger partial charge in [-0.05, 0) is 25.7 Å². The zero-order valence-corrected chi connectivity index (χ0v) is 9.19. The molecule has 2 aliphatic heterocycles. The molecule has 0 amide bonds. The third-order valence-electron chi connectivity index (χ3n) is 2.86. The monoisotopic (exact) mass is 200 g/mol. The molecule has 0 saturated carbocycles. The van der Waals surface area contributed by atoms with Crippen LogP contribution in [0.5, 0.6) is 0 Å². The fourth-order valence-electron chi connectivity index (χ4n) is 2.06. The maximum absolute atomic E-state index is 2.55. The van der Waals surface area contributed by atoms with Gasteiger partial charge in [0.25, 0.3) is 0 Å². The zero-order chi connectivity index (χ0) is 8.93. The van der Waals surface area contributed by atoms with Gasteiger partial charge in [-0.1, -0.05) is 12.8 Å². The molecule has 2 aliphatic rings. The Balaban J connectivity index is 1.69. The van der Waals surface area contributed by atoms with E-state index in [0.717, 1.165) is 0 Å². The number of hydrogen-bond donors (Lipinski definition) is 0. The minimum absolute atomic E-state index is 1.31. The molecule has 76 valence electrons. The Morgan fingerprint density at radius 1 is 0.538 bits per heavy atom. The largest absolute Gasteiger partial charge is 0.237 e. The molecule has 0 radical (unpaired) electrons. The average Bonchev–Trinajstić information content (AvgIpc) is 2.21. The average molecular weight is 200 g/mol. The molecule has 2 heterocycles. The van der Waals surface area contributed by atoms with Crippen molar-refractivity contribution in [2.45, 2.75) is 38.5 Å². The molecule has 2 nitrogen and oxygen atoms in total. The molecule has 0 aromatic carbocycles. The lowest BCUT2D eigenvalue weighted by Gasteiger charge is -2.32. The molecule has 0 spiro atoms. The first-order chi connectivity index (χ1) is 6.45. The van der Waals surface area contributed by atoms with E-state index in [2.05, 4.69) is 8.61 Å². The van der Waals surface area contributed by atoms with Gasteiger partial charge in [-0.15, -0.1) is 0 Å². The van der Waals surface area contributed by atoms with Crippen LogP contribution in [0.25, 0.3) is 0 Å². The predicted octanol–water partition coefficient (Wildman–Crippen LogP) is 2.52. The standard InChI is InChI=1S/C10H20N2S/c1-3-7-11(8-4-1)13-12-9-5-2-6-10-12/h1-10H2. The summed E-state index contributed by atoms with van der Waals surface area (Å²) in [6.07, 6.45) is 8.50. The van der Waals surface area contributed by atoms with E-state index < -0.39 is 0 Å². The first-order valence-electron chi connectivity index (χ1n) is 5.63. The SMILES string of the molecule is C1CCN(SN2CCCCC2)CC1. The quantitative estimate of drug-likeness (QED) is 0.632. The number of rotatable bonds is 2. The van der Waals surface area contributed by atoms with Crippen molar-refractivity contribution >= 4 is 12.1 Å². The summed E-state index contributed by atoms with van der Waals surface area (Å²) in [7, 11) is 0. The van der Waals surface area contributed by atoms with Crippen LogP contribution < -0.4 is 0 Å². The smallest absolute Gasteiger partial charge is 0.0101 e. The van der Waals surface area contributed by atoms with Gasteiger partial charge in [-0.3, -0.25) is 0 Å². The molecule has 2 saturated heterocycles. The molecule has 0 aromatic heterocycles. The number of nitrogens with zero attached hydrogens (tertiary/aromatic N) is 2. The minimum Gasteiger partial charge on any atom is -0.237 e. The summed E-state index contributed by atoms with van der Waals surface area (Å²) < 4.78 is 5.10. The third-order valence-corrected chi connectivity index (χ3v) is 4.05. The highest BCUT2D eigenvalue weighted by Gasteiger charge is 2.16. The fraction of sp³-hybridized carbons (Fsp3) is 1.00. The van der Waals surface area contributed by atoms with Crippen molar-refractivity contribution in [3.05, 3.63) is 0 Å². The van der Waals surface area contributed by atoms with E-state index in [1.54, 1.807) is 0 Å².